The van der Waals surface area contributed by atoms with E-state index in [0.29, 0.717) is 18.9 Å². The van der Waals surface area contributed by atoms with Crippen LogP contribution in [0, 0.1) is 0 Å². The highest BCUT2D eigenvalue weighted by molar-refractivity contribution is 7.89. The van der Waals surface area contributed by atoms with Gasteiger partial charge < -0.3 is 0 Å². The quantitative estimate of drug-likeness (QED) is 0.819. The highest BCUT2D eigenvalue weighted by Crippen LogP contribution is 2.36. The number of nitrogens with one attached hydrogen (secondary N) is 1. The van der Waals surface area contributed by atoms with Crippen molar-refractivity contribution >= 4 is 21.6 Å². The molecule has 0 spiro atoms. The average molecular weight is 356 g/mol. The molecule has 0 unspecified atom stereocenters. The van der Waals surface area contributed by atoms with Crippen molar-refractivity contribution in [3.05, 3.63) is 28.8 Å². The molecule has 2 rings (SSSR count). The lowest BCUT2D eigenvalue weighted by atomic mass is 10.1. The molecule has 1 aromatic carbocycles. The van der Waals surface area contributed by atoms with E-state index < -0.39 is 26.7 Å². The summed E-state index contributed by atoms with van der Waals surface area (Å²) in [5, 5.41) is -0.152. The largest absolute Gasteiger partial charge is 0.417 e. The fraction of sp³-hybridized carbons (Fsp3) is 0.571. The van der Waals surface area contributed by atoms with Crippen LogP contribution in [-0.4, -0.2) is 14.5 Å². The van der Waals surface area contributed by atoms with Gasteiger partial charge in [-0.05, 0) is 31.0 Å². The number of hydrogen-bond donors (Lipinski definition) is 1. The molecule has 0 aliphatic heterocycles. The van der Waals surface area contributed by atoms with Gasteiger partial charge in [-0.15, -0.1) is 0 Å². The number of rotatable bonds is 3. The third-order valence-electron chi connectivity index (χ3n) is 3.71. The van der Waals surface area contributed by atoms with Gasteiger partial charge >= 0.3 is 6.18 Å². The van der Waals surface area contributed by atoms with Crippen LogP contribution >= 0.6 is 11.6 Å². The molecule has 22 heavy (non-hydrogen) atoms. The van der Waals surface area contributed by atoms with Crippen molar-refractivity contribution in [3.8, 4) is 0 Å². The van der Waals surface area contributed by atoms with E-state index in [2.05, 4.69) is 4.72 Å². The second-order valence-corrected chi connectivity index (χ2v) is 7.57. The normalized spacial score (nSPS) is 18.2. The lowest BCUT2D eigenvalue weighted by Crippen LogP contribution is -2.35. The number of alkyl halides is 3. The van der Waals surface area contributed by atoms with Crippen molar-refractivity contribution in [1.29, 1.82) is 0 Å². The Hall–Kier alpha value is -0.790. The zero-order valence-corrected chi connectivity index (χ0v) is 13.4. The van der Waals surface area contributed by atoms with Crippen molar-refractivity contribution in [3.63, 3.8) is 0 Å². The smallest absolute Gasteiger partial charge is 0.208 e. The topological polar surface area (TPSA) is 46.2 Å². The zero-order chi connectivity index (χ0) is 16.4. The first kappa shape index (κ1) is 17.6. The van der Waals surface area contributed by atoms with Crippen LogP contribution in [0.15, 0.2) is 23.1 Å². The summed E-state index contributed by atoms with van der Waals surface area (Å²) in [6.45, 7) is 0. The van der Waals surface area contributed by atoms with E-state index >= 15 is 0 Å². The first-order valence-electron chi connectivity index (χ1n) is 7.09. The van der Waals surface area contributed by atoms with Gasteiger partial charge in [-0.3, -0.25) is 0 Å². The summed E-state index contributed by atoms with van der Waals surface area (Å²) < 4.78 is 66.2. The predicted octanol–water partition coefficient (Wildman–Crippen LogP) is 4.36. The maximum Gasteiger partial charge on any atom is 0.417 e. The van der Waals surface area contributed by atoms with Gasteiger partial charge in [0.2, 0.25) is 10.0 Å². The molecule has 0 radical (unpaired) electrons. The Morgan fingerprint density at radius 3 is 2.23 bits per heavy atom. The van der Waals surface area contributed by atoms with Crippen LogP contribution < -0.4 is 4.72 Å². The summed E-state index contributed by atoms with van der Waals surface area (Å²) in [4.78, 5) is -0.770. The van der Waals surface area contributed by atoms with Crippen LogP contribution in [0.1, 0.15) is 44.1 Å². The van der Waals surface area contributed by atoms with E-state index in [4.69, 9.17) is 11.6 Å². The summed E-state index contributed by atoms with van der Waals surface area (Å²) in [6, 6.07) is 2.38. The molecule has 0 amide bonds. The molecule has 0 saturated heterocycles. The summed E-state index contributed by atoms with van der Waals surface area (Å²) in [6.07, 6.45) is 0.306. The van der Waals surface area contributed by atoms with Crippen LogP contribution in [0.5, 0.6) is 0 Å². The van der Waals surface area contributed by atoms with Gasteiger partial charge in [0.25, 0.3) is 0 Å². The maximum atomic E-state index is 13.1. The minimum Gasteiger partial charge on any atom is -0.208 e. The first-order chi connectivity index (χ1) is 10.2. The van der Waals surface area contributed by atoms with Crippen LogP contribution in [0.3, 0.4) is 0 Å². The Morgan fingerprint density at radius 1 is 1.09 bits per heavy atom. The third kappa shape index (κ3) is 4.36. The number of sulfonamides is 1. The Morgan fingerprint density at radius 2 is 1.68 bits per heavy atom. The molecule has 124 valence electrons. The minimum atomic E-state index is -4.78. The SMILES string of the molecule is O=S(=O)(NC1CCCCCC1)c1ccc(Cl)cc1C(F)(F)F. The molecule has 3 nitrogen and oxygen atoms in total. The lowest BCUT2D eigenvalue weighted by Gasteiger charge is -2.19. The molecule has 1 saturated carbocycles. The molecular weight excluding hydrogens is 339 g/mol. The van der Waals surface area contributed by atoms with Crippen molar-refractivity contribution in [2.45, 2.75) is 55.6 Å². The third-order valence-corrected chi connectivity index (χ3v) is 5.53. The second-order valence-electron chi connectivity index (χ2n) is 5.45. The molecule has 1 aliphatic carbocycles. The molecule has 0 atom stereocenters. The van der Waals surface area contributed by atoms with Crippen molar-refractivity contribution in [2.75, 3.05) is 0 Å². The summed E-state index contributed by atoms with van der Waals surface area (Å²) in [7, 11) is -4.24. The average Bonchev–Trinajstić information content (AvgIpc) is 2.65. The highest BCUT2D eigenvalue weighted by atomic mass is 35.5. The Labute approximate surface area is 132 Å². The van der Waals surface area contributed by atoms with E-state index in [1.54, 1.807) is 0 Å². The molecule has 0 aromatic heterocycles. The molecule has 1 aromatic rings. The highest BCUT2D eigenvalue weighted by Gasteiger charge is 2.38. The summed E-state index contributed by atoms with van der Waals surface area (Å²) in [5.74, 6) is 0. The molecular formula is C14H17ClF3NO2S. The number of hydrogen-bond acceptors (Lipinski definition) is 2. The Balaban J connectivity index is 2.33. The molecule has 0 bridgehead atoms. The monoisotopic (exact) mass is 355 g/mol. The van der Waals surface area contributed by atoms with E-state index in [-0.39, 0.29) is 11.1 Å². The van der Waals surface area contributed by atoms with Gasteiger partial charge in [0.05, 0.1) is 10.5 Å². The van der Waals surface area contributed by atoms with Gasteiger partial charge in [0.1, 0.15) is 0 Å². The van der Waals surface area contributed by atoms with Gasteiger partial charge in [0, 0.05) is 11.1 Å². The minimum absolute atomic E-state index is 0.152. The van der Waals surface area contributed by atoms with E-state index in [9.17, 15) is 21.6 Å². The van der Waals surface area contributed by atoms with E-state index in [1.807, 2.05) is 0 Å². The van der Waals surface area contributed by atoms with Crippen molar-refractivity contribution in [2.24, 2.45) is 0 Å². The molecule has 8 heteroatoms. The van der Waals surface area contributed by atoms with Crippen molar-refractivity contribution < 1.29 is 21.6 Å². The molecule has 0 heterocycles. The van der Waals surface area contributed by atoms with Crippen LogP contribution in [0.25, 0.3) is 0 Å². The van der Waals surface area contributed by atoms with Gasteiger partial charge in [-0.25, -0.2) is 13.1 Å². The fourth-order valence-corrected chi connectivity index (χ4v) is 4.32. The van der Waals surface area contributed by atoms with Gasteiger partial charge in [-0.2, -0.15) is 13.2 Å². The first-order valence-corrected chi connectivity index (χ1v) is 8.95. The summed E-state index contributed by atoms with van der Waals surface area (Å²) in [5.41, 5.74) is -1.24. The van der Waals surface area contributed by atoms with Crippen LogP contribution in [0.2, 0.25) is 5.02 Å². The van der Waals surface area contributed by atoms with Crippen LogP contribution in [0.4, 0.5) is 13.2 Å². The fourth-order valence-electron chi connectivity index (χ4n) is 2.64. The molecule has 1 N–H and O–H groups in total. The van der Waals surface area contributed by atoms with E-state index in [1.165, 1.54) is 0 Å². The number of halogens is 4. The van der Waals surface area contributed by atoms with Crippen molar-refractivity contribution in [1.82, 2.24) is 4.72 Å². The standard InChI is InChI=1S/C14H17ClF3NO2S/c15-10-7-8-13(12(9-10)14(16,17)18)22(20,21)19-11-5-3-1-2-4-6-11/h7-9,11,19H,1-6H2. The zero-order valence-electron chi connectivity index (χ0n) is 11.8. The maximum absolute atomic E-state index is 13.1. The second kappa shape index (κ2) is 6.76. The lowest BCUT2D eigenvalue weighted by molar-refractivity contribution is -0.139. The van der Waals surface area contributed by atoms with Crippen LogP contribution in [-0.2, 0) is 16.2 Å². The molecule has 1 aliphatic rings. The Kier molecular flexibility index (Phi) is 5.40. The number of benzene rings is 1. The van der Waals surface area contributed by atoms with Gasteiger partial charge in [0.15, 0.2) is 0 Å². The summed E-state index contributed by atoms with van der Waals surface area (Å²) >= 11 is 5.57. The van der Waals surface area contributed by atoms with Gasteiger partial charge in [-0.1, -0.05) is 37.3 Å². The Bertz CT molecular complexity index is 623. The predicted molar refractivity (Wildman–Crippen MR) is 78.3 cm³/mol. The molecule has 1 fully saturated rings. The van der Waals surface area contributed by atoms with E-state index in [0.717, 1.165) is 37.8 Å².